The maximum absolute atomic E-state index is 5.54. The number of anilines is 1. The molecule has 27 heavy (non-hydrogen) atoms. The van der Waals surface area contributed by atoms with Crippen LogP contribution >= 0.6 is 0 Å². The minimum Gasteiger partial charge on any atom is -0.496 e. The predicted molar refractivity (Wildman–Crippen MR) is 106 cm³/mol. The average Bonchev–Trinajstić information content (AvgIpc) is 3.17. The number of hydrogen-bond donors (Lipinski definition) is 1. The van der Waals surface area contributed by atoms with Gasteiger partial charge in [-0.3, -0.25) is 0 Å². The molecule has 0 amide bonds. The fourth-order valence-electron chi connectivity index (χ4n) is 3.16. The number of nitrogens with one attached hydrogen (secondary N) is 1. The van der Waals surface area contributed by atoms with Crippen LogP contribution in [0.4, 0.5) is 5.82 Å². The molecule has 136 valence electrons. The van der Waals surface area contributed by atoms with E-state index in [0.29, 0.717) is 5.78 Å². The Morgan fingerprint density at radius 1 is 1.07 bits per heavy atom. The van der Waals surface area contributed by atoms with Crippen molar-refractivity contribution in [2.75, 3.05) is 12.4 Å². The second kappa shape index (κ2) is 7.07. The van der Waals surface area contributed by atoms with Gasteiger partial charge in [-0.05, 0) is 19.9 Å². The van der Waals surface area contributed by atoms with E-state index in [2.05, 4.69) is 40.3 Å². The van der Waals surface area contributed by atoms with Crippen LogP contribution in [-0.2, 0) is 0 Å². The van der Waals surface area contributed by atoms with Crippen molar-refractivity contribution in [3.8, 4) is 17.0 Å². The Kier molecular flexibility index (Phi) is 4.46. The van der Waals surface area contributed by atoms with E-state index in [1.54, 1.807) is 11.6 Å². The van der Waals surface area contributed by atoms with E-state index >= 15 is 0 Å². The number of nitrogens with zero attached hydrogens (tertiary/aromatic N) is 4. The Labute approximate surface area is 157 Å². The van der Waals surface area contributed by atoms with Crippen molar-refractivity contribution in [3.05, 3.63) is 72.1 Å². The van der Waals surface area contributed by atoms with E-state index in [1.165, 1.54) is 11.9 Å². The number of ether oxygens (including phenoxy) is 1. The van der Waals surface area contributed by atoms with E-state index in [1.807, 2.05) is 48.5 Å². The average molecular weight is 359 g/mol. The van der Waals surface area contributed by atoms with Crippen LogP contribution < -0.4 is 10.1 Å². The molecule has 2 aromatic carbocycles. The highest BCUT2D eigenvalue weighted by Gasteiger charge is 2.15. The second-order valence-corrected chi connectivity index (χ2v) is 6.48. The normalized spacial score (nSPS) is 12.1. The van der Waals surface area contributed by atoms with Crippen LogP contribution in [0.5, 0.6) is 5.75 Å². The molecular weight excluding hydrogens is 338 g/mol. The molecule has 1 N–H and O–H groups in total. The van der Waals surface area contributed by atoms with Crippen molar-refractivity contribution in [1.82, 2.24) is 19.6 Å². The highest BCUT2D eigenvalue weighted by Crippen LogP contribution is 2.30. The van der Waals surface area contributed by atoms with E-state index < -0.39 is 0 Å². The number of hydrogen-bond acceptors (Lipinski definition) is 5. The summed E-state index contributed by atoms with van der Waals surface area (Å²) in [7, 11) is 1.69. The molecule has 0 aliphatic carbocycles. The molecule has 4 aromatic rings. The second-order valence-electron chi connectivity index (χ2n) is 6.48. The molecule has 0 fully saturated rings. The molecule has 1 atom stereocenters. The zero-order valence-corrected chi connectivity index (χ0v) is 15.5. The zero-order chi connectivity index (χ0) is 18.8. The monoisotopic (exact) mass is 359 g/mol. The summed E-state index contributed by atoms with van der Waals surface area (Å²) in [5.41, 5.74) is 4.16. The van der Waals surface area contributed by atoms with E-state index in [0.717, 1.165) is 28.4 Å². The fourth-order valence-corrected chi connectivity index (χ4v) is 3.16. The van der Waals surface area contributed by atoms with Gasteiger partial charge in [0.15, 0.2) is 0 Å². The minimum absolute atomic E-state index is 0.0123. The Morgan fingerprint density at radius 2 is 1.89 bits per heavy atom. The van der Waals surface area contributed by atoms with Crippen LogP contribution in [0.1, 0.15) is 24.1 Å². The largest absolute Gasteiger partial charge is 0.496 e. The standard InChI is InChI=1S/C21H21N5O/c1-14-9-10-19(27-3)17(11-14)15(2)24-20-12-18(16-7-5-4-6-8-16)25-21-22-13-23-26(20)21/h4-13,15,24H,1-3H3. The molecule has 4 rings (SSSR count). The van der Waals surface area contributed by atoms with Crippen LogP contribution in [0, 0.1) is 6.92 Å². The van der Waals surface area contributed by atoms with Gasteiger partial charge < -0.3 is 10.1 Å². The highest BCUT2D eigenvalue weighted by molar-refractivity contribution is 5.65. The molecule has 0 aliphatic heterocycles. The van der Waals surface area contributed by atoms with Crippen molar-refractivity contribution in [3.63, 3.8) is 0 Å². The number of rotatable bonds is 5. The van der Waals surface area contributed by atoms with Crippen molar-refractivity contribution in [2.45, 2.75) is 19.9 Å². The third-order valence-corrected chi connectivity index (χ3v) is 4.54. The summed E-state index contributed by atoms with van der Waals surface area (Å²) in [4.78, 5) is 8.89. The van der Waals surface area contributed by atoms with Gasteiger partial charge in [0.05, 0.1) is 18.8 Å². The lowest BCUT2D eigenvalue weighted by molar-refractivity contribution is 0.407. The molecule has 2 aromatic heterocycles. The molecule has 2 heterocycles. The van der Waals surface area contributed by atoms with Crippen LogP contribution in [0.3, 0.4) is 0 Å². The molecule has 0 aliphatic rings. The van der Waals surface area contributed by atoms with Crippen LogP contribution in [0.15, 0.2) is 60.9 Å². The molecule has 6 nitrogen and oxygen atoms in total. The molecular formula is C21H21N5O. The van der Waals surface area contributed by atoms with E-state index in [-0.39, 0.29) is 6.04 Å². The number of aryl methyl sites for hydroxylation is 1. The van der Waals surface area contributed by atoms with Gasteiger partial charge in [-0.1, -0.05) is 48.0 Å². The molecule has 0 radical (unpaired) electrons. The molecule has 0 spiro atoms. The first-order chi connectivity index (χ1) is 13.2. The Morgan fingerprint density at radius 3 is 2.67 bits per heavy atom. The van der Waals surface area contributed by atoms with Crippen LogP contribution in [0.25, 0.3) is 17.0 Å². The lowest BCUT2D eigenvalue weighted by Crippen LogP contribution is -2.12. The van der Waals surface area contributed by atoms with Gasteiger partial charge in [0.2, 0.25) is 0 Å². The van der Waals surface area contributed by atoms with Gasteiger partial charge in [0.1, 0.15) is 17.9 Å². The molecule has 1 unspecified atom stereocenters. The van der Waals surface area contributed by atoms with Gasteiger partial charge in [-0.15, -0.1) is 0 Å². The van der Waals surface area contributed by atoms with Crippen molar-refractivity contribution in [1.29, 1.82) is 0 Å². The third-order valence-electron chi connectivity index (χ3n) is 4.54. The number of aromatic nitrogens is 4. The smallest absolute Gasteiger partial charge is 0.254 e. The summed E-state index contributed by atoms with van der Waals surface area (Å²) in [5, 5.41) is 7.85. The highest BCUT2D eigenvalue weighted by atomic mass is 16.5. The summed E-state index contributed by atoms with van der Waals surface area (Å²) >= 11 is 0. The minimum atomic E-state index is 0.0123. The molecule has 0 bridgehead atoms. The summed E-state index contributed by atoms with van der Waals surface area (Å²) in [6.45, 7) is 4.17. The number of methoxy groups -OCH3 is 1. The van der Waals surface area contributed by atoms with Crippen molar-refractivity contribution < 1.29 is 4.74 Å². The topological polar surface area (TPSA) is 64.3 Å². The number of fused-ring (bicyclic) bond motifs is 1. The first-order valence-corrected chi connectivity index (χ1v) is 8.83. The van der Waals surface area contributed by atoms with Gasteiger partial charge in [0, 0.05) is 17.2 Å². The maximum atomic E-state index is 5.54. The zero-order valence-electron chi connectivity index (χ0n) is 15.5. The summed E-state index contributed by atoms with van der Waals surface area (Å²) < 4.78 is 7.25. The summed E-state index contributed by atoms with van der Waals surface area (Å²) in [6.07, 6.45) is 1.51. The van der Waals surface area contributed by atoms with Gasteiger partial charge in [0.25, 0.3) is 5.78 Å². The van der Waals surface area contributed by atoms with Gasteiger partial charge in [-0.2, -0.15) is 14.6 Å². The lowest BCUT2D eigenvalue weighted by atomic mass is 10.0. The Balaban J connectivity index is 1.75. The fraction of sp³-hybridized carbons (Fsp3) is 0.190. The molecule has 0 saturated heterocycles. The van der Waals surface area contributed by atoms with E-state index in [9.17, 15) is 0 Å². The van der Waals surface area contributed by atoms with Crippen molar-refractivity contribution >= 4 is 11.6 Å². The molecule has 0 saturated carbocycles. The van der Waals surface area contributed by atoms with Crippen LogP contribution in [-0.4, -0.2) is 26.7 Å². The lowest BCUT2D eigenvalue weighted by Gasteiger charge is -2.19. The maximum Gasteiger partial charge on any atom is 0.254 e. The Hall–Kier alpha value is -3.41. The predicted octanol–water partition coefficient (Wildman–Crippen LogP) is 4.28. The summed E-state index contributed by atoms with van der Waals surface area (Å²) in [5.74, 6) is 2.24. The van der Waals surface area contributed by atoms with Gasteiger partial charge >= 0.3 is 0 Å². The van der Waals surface area contributed by atoms with E-state index in [4.69, 9.17) is 4.74 Å². The third kappa shape index (κ3) is 3.33. The first kappa shape index (κ1) is 17.0. The van der Waals surface area contributed by atoms with Crippen LogP contribution in [0.2, 0.25) is 0 Å². The van der Waals surface area contributed by atoms with Crippen molar-refractivity contribution in [2.24, 2.45) is 0 Å². The SMILES string of the molecule is COc1ccc(C)cc1C(C)Nc1cc(-c2ccccc2)nc2ncnn12. The number of benzene rings is 2. The quantitative estimate of drug-likeness (QED) is 0.576. The van der Waals surface area contributed by atoms with Gasteiger partial charge in [-0.25, -0.2) is 4.98 Å². The first-order valence-electron chi connectivity index (χ1n) is 8.83. The molecule has 6 heteroatoms. The Bertz CT molecular complexity index is 1070. The summed E-state index contributed by atoms with van der Waals surface area (Å²) in [6, 6.07) is 18.2.